The first-order valence-corrected chi connectivity index (χ1v) is 10.3. The lowest BCUT2D eigenvalue weighted by Gasteiger charge is -2.12. The van der Waals surface area contributed by atoms with Crippen LogP contribution in [0, 0.1) is 24.1 Å². The molecule has 0 radical (unpaired) electrons. The van der Waals surface area contributed by atoms with E-state index in [1.54, 1.807) is 12.1 Å². The molecule has 2 amide bonds. The Labute approximate surface area is 201 Å². The number of nitriles is 1. The third kappa shape index (κ3) is 4.58. The van der Waals surface area contributed by atoms with Gasteiger partial charge in [0.1, 0.15) is 17.0 Å². The molecule has 0 atom stereocenters. The smallest absolute Gasteiger partial charge is 0.364 e. The van der Waals surface area contributed by atoms with Crippen molar-refractivity contribution in [2.24, 2.45) is 5.73 Å². The number of rotatable bonds is 5. The molecule has 3 N–H and O–H groups in total. The molecule has 0 aliphatic rings. The Morgan fingerprint density at radius 1 is 1.17 bits per heavy atom. The first kappa shape index (κ1) is 24.3. The highest BCUT2D eigenvalue weighted by Gasteiger charge is 2.39. The van der Waals surface area contributed by atoms with Crippen molar-refractivity contribution in [2.75, 3.05) is 5.32 Å². The van der Waals surface area contributed by atoms with Crippen LogP contribution >= 0.6 is 0 Å². The van der Waals surface area contributed by atoms with Gasteiger partial charge in [0, 0.05) is 5.39 Å². The fraction of sp³-hybridized carbons (Fsp3) is 0.125. The number of nitrogens with two attached hydrogens (primary N) is 1. The summed E-state index contributed by atoms with van der Waals surface area (Å²) in [5.41, 5.74) is 3.23. The fourth-order valence-electron chi connectivity index (χ4n) is 3.61. The highest BCUT2D eigenvalue weighted by Crippen LogP contribution is 2.36. The van der Waals surface area contributed by atoms with E-state index in [1.807, 2.05) is 6.07 Å². The number of fused-ring (bicyclic) bond motifs is 1. The summed E-state index contributed by atoms with van der Waals surface area (Å²) in [6, 6.07) is 12.8. The molecule has 0 saturated carbocycles. The second-order valence-corrected chi connectivity index (χ2v) is 7.78. The molecule has 2 aromatic heterocycles. The number of aromatic nitrogens is 3. The highest BCUT2D eigenvalue weighted by molar-refractivity contribution is 6.14. The Balaban J connectivity index is 1.77. The number of halogens is 4. The predicted octanol–water partition coefficient (Wildman–Crippen LogP) is 4.17. The minimum absolute atomic E-state index is 0.000276. The summed E-state index contributed by atoms with van der Waals surface area (Å²) in [4.78, 5) is 28.6. The number of nitrogens with zero attached hydrogens (tertiary/aromatic N) is 4. The van der Waals surface area contributed by atoms with Gasteiger partial charge in [-0.25, -0.2) is 9.37 Å². The normalized spacial score (nSPS) is 11.3. The third-order valence-corrected chi connectivity index (χ3v) is 5.42. The molecule has 36 heavy (non-hydrogen) atoms. The first-order chi connectivity index (χ1) is 17.0. The quantitative estimate of drug-likeness (QED) is 0.401. The number of benzene rings is 2. The van der Waals surface area contributed by atoms with Gasteiger partial charge in [0.05, 0.1) is 35.1 Å². The van der Waals surface area contributed by atoms with Gasteiger partial charge < -0.3 is 11.1 Å². The summed E-state index contributed by atoms with van der Waals surface area (Å²) in [6.07, 6.45) is -4.91. The number of carbonyl (C=O) groups is 2. The van der Waals surface area contributed by atoms with Gasteiger partial charge in [-0.15, -0.1) is 0 Å². The molecule has 4 aromatic rings. The molecule has 8 nitrogen and oxygen atoms in total. The number of alkyl halides is 3. The average Bonchev–Trinajstić information content (AvgIpc) is 3.14. The minimum atomic E-state index is -4.91. The van der Waals surface area contributed by atoms with Crippen LogP contribution in [0.2, 0.25) is 0 Å². The van der Waals surface area contributed by atoms with Crippen molar-refractivity contribution in [3.8, 4) is 6.07 Å². The van der Waals surface area contributed by atoms with Crippen LogP contribution < -0.4 is 11.1 Å². The topological polar surface area (TPSA) is 127 Å². The van der Waals surface area contributed by atoms with Crippen molar-refractivity contribution in [1.29, 1.82) is 5.26 Å². The molecule has 0 unspecified atom stereocenters. The van der Waals surface area contributed by atoms with Crippen molar-refractivity contribution in [2.45, 2.75) is 19.6 Å². The van der Waals surface area contributed by atoms with E-state index in [1.165, 1.54) is 31.2 Å². The van der Waals surface area contributed by atoms with Gasteiger partial charge in [-0.05, 0) is 36.8 Å². The van der Waals surface area contributed by atoms with Gasteiger partial charge in [0.15, 0.2) is 5.69 Å². The molecule has 0 spiro atoms. The lowest BCUT2D eigenvalue weighted by Crippen LogP contribution is -2.19. The van der Waals surface area contributed by atoms with Gasteiger partial charge >= 0.3 is 6.18 Å². The number of anilines is 1. The molecule has 0 aliphatic heterocycles. The maximum absolute atomic E-state index is 14.3. The largest absolute Gasteiger partial charge is 0.437 e. The maximum atomic E-state index is 14.3. The third-order valence-electron chi connectivity index (χ3n) is 5.42. The van der Waals surface area contributed by atoms with Gasteiger partial charge in [0.2, 0.25) is 0 Å². The van der Waals surface area contributed by atoms with Gasteiger partial charge in [-0.2, -0.15) is 23.5 Å². The van der Waals surface area contributed by atoms with Crippen molar-refractivity contribution in [1.82, 2.24) is 14.8 Å². The number of para-hydroxylation sites is 1. The zero-order valence-corrected chi connectivity index (χ0v) is 18.5. The van der Waals surface area contributed by atoms with Crippen LogP contribution in [0.15, 0.2) is 48.5 Å². The van der Waals surface area contributed by atoms with E-state index in [0.717, 1.165) is 16.8 Å². The molecule has 2 aromatic carbocycles. The number of pyridine rings is 1. The van der Waals surface area contributed by atoms with Gasteiger partial charge in [0.25, 0.3) is 11.8 Å². The maximum Gasteiger partial charge on any atom is 0.437 e. The van der Waals surface area contributed by atoms with E-state index >= 15 is 0 Å². The Hall–Kier alpha value is -4.79. The lowest BCUT2D eigenvalue weighted by molar-refractivity contribution is -0.140. The van der Waals surface area contributed by atoms with Gasteiger partial charge in [-0.1, -0.05) is 24.3 Å². The van der Waals surface area contributed by atoms with E-state index in [0.29, 0.717) is 11.1 Å². The number of hydrogen-bond acceptors (Lipinski definition) is 5. The molecule has 0 aliphatic carbocycles. The Morgan fingerprint density at radius 2 is 1.86 bits per heavy atom. The van der Waals surface area contributed by atoms with Crippen LogP contribution in [0.4, 0.5) is 23.2 Å². The standard InChI is InChI=1S/C24H16F4N6O2/c1-12-19(21(24(26,27)28)33-34(12)11-14-7-5-13(10-29)6-8-14)32-23(36)16-9-18(22(30)35)31-20-15(16)3-2-4-17(20)25/h2-9H,11H2,1H3,(H2,30,35)(H,32,36). The number of nitrogens with one attached hydrogen (secondary N) is 1. The van der Waals surface area contributed by atoms with Crippen molar-refractivity contribution in [3.63, 3.8) is 0 Å². The van der Waals surface area contributed by atoms with E-state index in [2.05, 4.69) is 15.4 Å². The van der Waals surface area contributed by atoms with E-state index in [-0.39, 0.29) is 28.7 Å². The second kappa shape index (κ2) is 9.10. The summed E-state index contributed by atoms with van der Waals surface area (Å²) >= 11 is 0. The fourth-order valence-corrected chi connectivity index (χ4v) is 3.61. The Bertz CT molecular complexity index is 1550. The van der Waals surface area contributed by atoms with E-state index in [4.69, 9.17) is 11.0 Å². The molecule has 182 valence electrons. The molecular weight excluding hydrogens is 480 g/mol. The summed E-state index contributed by atoms with van der Waals surface area (Å²) in [6.45, 7) is 1.28. The molecule has 2 heterocycles. The SMILES string of the molecule is Cc1c(NC(=O)c2cc(C(N)=O)nc3c(F)cccc23)c(C(F)(F)F)nn1Cc1ccc(C#N)cc1. The van der Waals surface area contributed by atoms with Crippen LogP contribution in [-0.2, 0) is 12.7 Å². The number of primary amides is 1. The lowest BCUT2D eigenvalue weighted by atomic mass is 10.1. The summed E-state index contributed by atoms with van der Waals surface area (Å²) in [7, 11) is 0. The van der Waals surface area contributed by atoms with Crippen molar-refractivity contribution in [3.05, 3.63) is 88.1 Å². The molecule has 0 bridgehead atoms. The molecule has 0 fully saturated rings. The Morgan fingerprint density at radius 3 is 2.47 bits per heavy atom. The number of amides is 2. The molecule has 0 saturated heterocycles. The van der Waals surface area contributed by atoms with Crippen LogP contribution in [0.5, 0.6) is 0 Å². The number of hydrogen-bond donors (Lipinski definition) is 2. The van der Waals surface area contributed by atoms with Crippen molar-refractivity contribution >= 4 is 28.4 Å². The molecule has 12 heteroatoms. The van der Waals surface area contributed by atoms with Gasteiger partial charge in [-0.3, -0.25) is 14.3 Å². The zero-order chi connectivity index (χ0) is 26.2. The Kier molecular flexibility index (Phi) is 6.15. The van der Waals surface area contributed by atoms with E-state index in [9.17, 15) is 27.2 Å². The molecular formula is C24H16F4N6O2. The van der Waals surface area contributed by atoms with Crippen LogP contribution in [0.25, 0.3) is 10.9 Å². The number of carbonyl (C=O) groups excluding carboxylic acids is 2. The summed E-state index contributed by atoms with van der Waals surface area (Å²) in [5.74, 6) is -2.93. The van der Waals surface area contributed by atoms with Crippen molar-refractivity contribution < 1.29 is 27.2 Å². The summed E-state index contributed by atoms with van der Waals surface area (Å²) in [5, 5.41) is 14.8. The van der Waals surface area contributed by atoms with Crippen LogP contribution in [0.3, 0.4) is 0 Å². The van der Waals surface area contributed by atoms with Crippen LogP contribution in [-0.4, -0.2) is 26.6 Å². The molecule has 4 rings (SSSR count). The minimum Gasteiger partial charge on any atom is -0.364 e. The van der Waals surface area contributed by atoms with Crippen LogP contribution in [0.1, 0.15) is 43.4 Å². The predicted molar refractivity (Wildman–Crippen MR) is 120 cm³/mol. The monoisotopic (exact) mass is 496 g/mol. The zero-order valence-electron chi connectivity index (χ0n) is 18.5. The second-order valence-electron chi connectivity index (χ2n) is 7.78. The van der Waals surface area contributed by atoms with E-state index < -0.39 is 40.9 Å². The average molecular weight is 496 g/mol. The highest BCUT2D eigenvalue weighted by atomic mass is 19.4. The first-order valence-electron chi connectivity index (χ1n) is 10.3. The summed E-state index contributed by atoms with van der Waals surface area (Å²) < 4.78 is 56.9.